The summed E-state index contributed by atoms with van der Waals surface area (Å²) in [6.45, 7) is 0. The molecule has 6 nitrogen and oxygen atoms in total. The molecule has 0 spiro atoms. The first-order chi connectivity index (χ1) is 12.6. The van der Waals surface area contributed by atoms with Crippen LogP contribution in [0.1, 0.15) is 0 Å². The largest absolute Gasteiger partial charge is 0.394 e. The zero-order valence-electron chi connectivity index (χ0n) is 12.9. The summed E-state index contributed by atoms with van der Waals surface area (Å²) < 4.78 is 15.7. The van der Waals surface area contributed by atoms with Crippen molar-refractivity contribution in [2.75, 3.05) is 5.73 Å². The standard InChI is InChI=1S/C17H9BrFN5OS/c18-9-3-7-11(6-1-2-10(19)13-8(6)4-22-24-13)12(20)17(25)23-14(7)16-15(9)21-5-26-16/h1-5H,20H2,(H,22,24)(H,23,25). The zero-order chi connectivity index (χ0) is 18.0. The van der Waals surface area contributed by atoms with E-state index < -0.39 is 11.4 Å². The minimum absolute atomic E-state index is 0.0716. The minimum Gasteiger partial charge on any atom is -0.394 e. The zero-order valence-corrected chi connectivity index (χ0v) is 15.3. The van der Waals surface area contributed by atoms with Crippen LogP contribution in [0.4, 0.5) is 10.1 Å². The van der Waals surface area contributed by atoms with Crippen LogP contribution in [0.3, 0.4) is 0 Å². The van der Waals surface area contributed by atoms with Crippen LogP contribution in [0, 0.1) is 5.82 Å². The van der Waals surface area contributed by atoms with Gasteiger partial charge in [0.15, 0.2) is 0 Å². The molecule has 5 rings (SSSR count). The smallest absolute Gasteiger partial charge is 0.272 e. The van der Waals surface area contributed by atoms with Crippen molar-refractivity contribution in [3.63, 3.8) is 0 Å². The van der Waals surface area contributed by atoms with Crippen molar-refractivity contribution >= 4 is 65.0 Å². The van der Waals surface area contributed by atoms with Gasteiger partial charge in [-0.1, -0.05) is 6.07 Å². The maximum atomic E-state index is 14.1. The summed E-state index contributed by atoms with van der Waals surface area (Å²) in [6, 6.07) is 4.82. The molecule has 5 aromatic rings. The van der Waals surface area contributed by atoms with Crippen molar-refractivity contribution in [3.8, 4) is 11.1 Å². The Hall–Kier alpha value is -2.78. The summed E-state index contributed by atoms with van der Waals surface area (Å²) in [5.74, 6) is -0.417. The number of nitrogen functional groups attached to an aromatic ring is 1. The van der Waals surface area contributed by atoms with E-state index in [-0.39, 0.29) is 11.2 Å². The highest BCUT2D eigenvalue weighted by molar-refractivity contribution is 9.10. The van der Waals surface area contributed by atoms with Crippen molar-refractivity contribution in [1.29, 1.82) is 0 Å². The van der Waals surface area contributed by atoms with Crippen molar-refractivity contribution in [2.24, 2.45) is 0 Å². The highest BCUT2D eigenvalue weighted by Gasteiger charge is 2.19. The number of thiazole rings is 1. The van der Waals surface area contributed by atoms with Gasteiger partial charge in [-0.15, -0.1) is 11.3 Å². The van der Waals surface area contributed by atoms with Gasteiger partial charge in [-0.3, -0.25) is 9.89 Å². The first kappa shape index (κ1) is 15.5. The summed E-state index contributed by atoms with van der Waals surface area (Å²) in [5, 5.41) is 7.89. The monoisotopic (exact) mass is 429 g/mol. The maximum Gasteiger partial charge on any atom is 0.272 e. The van der Waals surface area contributed by atoms with E-state index in [0.29, 0.717) is 22.0 Å². The van der Waals surface area contributed by atoms with Gasteiger partial charge >= 0.3 is 0 Å². The number of aromatic amines is 2. The van der Waals surface area contributed by atoms with Gasteiger partial charge in [-0.05, 0) is 33.6 Å². The highest BCUT2D eigenvalue weighted by atomic mass is 79.9. The molecular weight excluding hydrogens is 421 g/mol. The molecule has 0 fully saturated rings. The van der Waals surface area contributed by atoms with Crippen LogP contribution in [0.2, 0.25) is 0 Å². The lowest BCUT2D eigenvalue weighted by Gasteiger charge is -2.12. The van der Waals surface area contributed by atoms with Crippen LogP contribution < -0.4 is 11.3 Å². The number of halogens is 2. The molecule has 0 aliphatic rings. The Morgan fingerprint density at radius 2 is 2.08 bits per heavy atom. The molecular formula is C17H9BrFN5OS. The number of hydrogen-bond acceptors (Lipinski definition) is 5. The van der Waals surface area contributed by atoms with E-state index in [1.807, 2.05) is 6.07 Å². The molecule has 3 aromatic heterocycles. The van der Waals surface area contributed by atoms with Crippen LogP contribution in [-0.4, -0.2) is 20.2 Å². The molecule has 3 heterocycles. The predicted octanol–water partition coefficient (Wildman–Crippen LogP) is 4.16. The number of fused-ring (bicyclic) bond motifs is 4. The fraction of sp³-hybridized carbons (Fsp3) is 0. The van der Waals surface area contributed by atoms with E-state index in [1.54, 1.807) is 11.6 Å². The van der Waals surface area contributed by atoms with Gasteiger partial charge in [0.1, 0.15) is 17.0 Å². The number of nitrogens with two attached hydrogens (primary N) is 1. The lowest BCUT2D eigenvalue weighted by Crippen LogP contribution is -2.13. The Morgan fingerprint density at radius 3 is 2.92 bits per heavy atom. The Morgan fingerprint density at radius 1 is 1.23 bits per heavy atom. The Labute approximate surface area is 157 Å². The second kappa shape index (κ2) is 5.36. The molecule has 0 radical (unpaired) electrons. The lowest BCUT2D eigenvalue weighted by atomic mass is 9.96. The summed E-state index contributed by atoms with van der Waals surface area (Å²) in [5.41, 5.74) is 10.4. The van der Waals surface area contributed by atoms with Crippen molar-refractivity contribution in [1.82, 2.24) is 20.2 Å². The average Bonchev–Trinajstić information content (AvgIpc) is 3.29. The molecule has 0 saturated carbocycles. The average molecular weight is 430 g/mol. The molecule has 0 amide bonds. The third-order valence-corrected chi connectivity index (χ3v) is 5.87. The first-order valence-corrected chi connectivity index (χ1v) is 9.22. The van der Waals surface area contributed by atoms with Gasteiger partial charge < -0.3 is 10.7 Å². The van der Waals surface area contributed by atoms with Crippen LogP contribution in [0.15, 0.2) is 39.2 Å². The van der Waals surface area contributed by atoms with Gasteiger partial charge in [0.05, 0.1) is 27.4 Å². The van der Waals surface area contributed by atoms with Gasteiger partial charge in [-0.2, -0.15) is 5.10 Å². The summed E-state index contributed by atoms with van der Waals surface area (Å²) in [6.07, 6.45) is 1.53. The number of pyridine rings is 1. The van der Waals surface area contributed by atoms with E-state index in [9.17, 15) is 9.18 Å². The number of aromatic nitrogens is 4. The fourth-order valence-electron chi connectivity index (χ4n) is 3.25. The molecule has 0 saturated heterocycles. The predicted molar refractivity (Wildman–Crippen MR) is 105 cm³/mol. The molecule has 9 heteroatoms. The van der Waals surface area contributed by atoms with E-state index in [0.717, 1.165) is 20.1 Å². The van der Waals surface area contributed by atoms with E-state index in [4.69, 9.17) is 5.73 Å². The number of rotatable bonds is 1. The van der Waals surface area contributed by atoms with Crippen LogP contribution in [0.5, 0.6) is 0 Å². The molecule has 26 heavy (non-hydrogen) atoms. The minimum atomic E-state index is -0.417. The maximum absolute atomic E-state index is 14.1. The van der Waals surface area contributed by atoms with Gasteiger partial charge in [0.25, 0.3) is 5.56 Å². The number of nitrogens with one attached hydrogen (secondary N) is 2. The summed E-state index contributed by atoms with van der Waals surface area (Å²) >= 11 is 4.96. The van der Waals surface area contributed by atoms with Gasteiger partial charge in [0, 0.05) is 20.8 Å². The van der Waals surface area contributed by atoms with Crippen LogP contribution in [-0.2, 0) is 0 Å². The van der Waals surface area contributed by atoms with Crippen molar-refractivity contribution < 1.29 is 4.39 Å². The number of nitrogens with zero attached hydrogens (tertiary/aromatic N) is 2. The number of H-pyrrole nitrogens is 2. The molecule has 0 unspecified atom stereocenters. The molecule has 2 aromatic carbocycles. The molecule has 4 N–H and O–H groups in total. The topological polar surface area (TPSA) is 100 Å². The highest BCUT2D eigenvalue weighted by Crippen LogP contribution is 2.40. The summed E-state index contributed by atoms with van der Waals surface area (Å²) in [7, 11) is 0. The van der Waals surface area contributed by atoms with E-state index >= 15 is 0 Å². The SMILES string of the molecule is Nc1c(-c2ccc(F)c3[nH]ncc23)c2cc(Br)c3ncsc3c2[nH]c1=O. The molecule has 0 bridgehead atoms. The van der Waals surface area contributed by atoms with Crippen LogP contribution >= 0.6 is 27.3 Å². The van der Waals surface area contributed by atoms with Crippen molar-refractivity contribution in [3.05, 3.63) is 50.6 Å². The van der Waals surface area contributed by atoms with Gasteiger partial charge in [-0.25, -0.2) is 9.37 Å². The second-order valence-electron chi connectivity index (χ2n) is 5.81. The van der Waals surface area contributed by atoms with Crippen LogP contribution in [0.25, 0.3) is 43.1 Å². The summed E-state index contributed by atoms with van der Waals surface area (Å²) in [4.78, 5) is 19.7. The second-order valence-corrected chi connectivity index (χ2v) is 7.52. The number of benzene rings is 2. The van der Waals surface area contributed by atoms with Crippen molar-refractivity contribution in [2.45, 2.75) is 0 Å². The molecule has 0 aliphatic carbocycles. The lowest BCUT2D eigenvalue weighted by molar-refractivity contribution is 0.636. The third-order valence-electron chi connectivity index (χ3n) is 4.42. The number of anilines is 1. The number of hydrogen-bond donors (Lipinski definition) is 3. The Bertz CT molecular complexity index is 1400. The Kier molecular flexibility index (Phi) is 3.19. The van der Waals surface area contributed by atoms with Gasteiger partial charge in [0.2, 0.25) is 0 Å². The van der Waals surface area contributed by atoms with E-state index in [1.165, 1.54) is 23.6 Å². The molecule has 0 aliphatic heterocycles. The molecule has 0 atom stereocenters. The quantitative estimate of drug-likeness (QED) is 0.372. The fourth-order valence-corrected chi connectivity index (χ4v) is 4.73. The van der Waals surface area contributed by atoms with E-state index in [2.05, 4.69) is 36.1 Å². The third kappa shape index (κ3) is 1.98. The Balaban J connectivity index is 2.03. The first-order valence-electron chi connectivity index (χ1n) is 7.55. The normalized spacial score (nSPS) is 11.8. The molecule has 128 valence electrons.